The van der Waals surface area contributed by atoms with Gasteiger partial charge in [0.05, 0.1) is 0 Å². The topological polar surface area (TPSA) is 174 Å². The Kier molecular flexibility index (Phi) is 7.91. The summed E-state index contributed by atoms with van der Waals surface area (Å²) in [6.45, 7) is 0. The molecule has 198 valence electrons. The molecule has 9 nitrogen and oxygen atoms in total. The number of thiocarbonyl (C=S) groups is 1. The molecule has 1 aliphatic rings. The number of benzene rings is 3. The van der Waals surface area contributed by atoms with Gasteiger partial charge in [-0.25, -0.2) is 4.79 Å². The van der Waals surface area contributed by atoms with Gasteiger partial charge in [-0.3, -0.25) is 0 Å². The molecule has 0 bridgehead atoms. The minimum atomic E-state index is -5.25. The molecule has 3 aromatic carbocycles. The predicted octanol–water partition coefficient (Wildman–Crippen LogP) is -1.83. The van der Waals surface area contributed by atoms with Crippen LogP contribution in [0.25, 0.3) is 0 Å². The van der Waals surface area contributed by atoms with E-state index in [4.69, 9.17) is 12.2 Å². The van der Waals surface area contributed by atoms with Crippen molar-refractivity contribution in [1.29, 1.82) is 0 Å². The maximum atomic E-state index is 13.8. The van der Waals surface area contributed by atoms with Gasteiger partial charge in [-0.05, 0) is 39.6 Å². The van der Waals surface area contributed by atoms with Crippen molar-refractivity contribution in [2.45, 2.75) is 17.3 Å². The molecule has 1 aliphatic carbocycles. The maximum Gasteiger partial charge on any atom is 0.469 e. The van der Waals surface area contributed by atoms with Crippen molar-refractivity contribution in [3.05, 3.63) is 120 Å². The first-order valence-corrected chi connectivity index (χ1v) is 13.9. The number of allylic oxidation sites excluding steroid dienone is 1. The standard InChI is InChI=1S/C26H20Cl2O9S/c29-23(36-27(30,31)32)22-25(19-11-4-1-5-12-19,20-13-6-2-7-14-20)17-10-18-26(22,21-15-8-3-9-16-21)24(38)37-28(33,34)35/h1-16,18,22H,17H2. The molecule has 0 saturated heterocycles. The van der Waals surface area contributed by atoms with Crippen molar-refractivity contribution >= 4 is 23.2 Å². The van der Waals surface area contributed by atoms with Gasteiger partial charge < -0.3 is 0 Å². The molecule has 4 rings (SSSR count). The third-order valence-electron chi connectivity index (χ3n) is 6.51. The summed E-state index contributed by atoms with van der Waals surface area (Å²) in [5.41, 5.74) is -2.33. The van der Waals surface area contributed by atoms with E-state index in [9.17, 15) is 32.7 Å². The summed E-state index contributed by atoms with van der Waals surface area (Å²) in [5, 5.41) is -0.852. The van der Waals surface area contributed by atoms with E-state index in [-0.39, 0.29) is 12.0 Å². The Bertz CT molecular complexity index is 1270. The highest BCUT2D eigenvalue weighted by Crippen LogP contribution is 2.56. The summed E-state index contributed by atoms with van der Waals surface area (Å²) in [6.07, 6.45) is 3.08. The summed E-state index contributed by atoms with van der Waals surface area (Å²) in [6, 6.07) is 24.8. The second-order valence-corrected chi connectivity index (χ2v) is 10.7. The van der Waals surface area contributed by atoms with Gasteiger partial charge >= 0.3 is 11.0 Å². The highest BCUT2D eigenvalue weighted by molar-refractivity contribution is 7.80. The smallest absolute Gasteiger partial charge is 0.234 e. The average molecular weight is 579 g/mol. The Labute approximate surface area is 227 Å². The summed E-state index contributed by atoms with van der Waals surface area (Å²) in [4.78, 5) is 13.8. The van der Waals surface area contributed by atoms with Crippen molar-refractivity contribution in [3.63, 3.8) is 0 Å². The lowest BCUT2D eigenvalue weighted by Gasteiger charge is -2.49. The number of hydrogen-bond donors (Lipinski definition) is 0. The molecule has 0 N–H and O–H groups in total. The van der Waals surface area contributed by atoms with Crippen molar-refractivity contribution < 1.29 is 61.8 Å². The molecule has 2 atom stereocenters. The normalized spacial score (nSPS) is 20.9. The van der Waals surface area contributed by atoms with Crippen molar-refractivity contribution in [3.8, 4) is 0 Å². The first kappa shape index (κ1) is 28.1. The largest absolute Gasteiger partial charge is 0.469 e. The molecule has 12 heteroatoms. The molecule has 0 saturated carbocycles. The molecular formula is C26H20Cl2O9S. The Morgan fingerprint density at radius 2 is 1.13 bits per heavy atom. The fourth-order valence-corrected chi connectivity index (χ4v) is 6.31. The molecule has 0 radical (unpaired) electrons. The fraction of sp³-hybridized carbons (Fsp3) is 0.154. The lowest BCUT2D eigenvalue weighted by atomic mass is 9.51. The van der Waals surface area contributed by atoms with Crippen molar-refractivity contribution in [1.82, 2.24) is 0 Å². The number of rotatable bonds is 7. The van der Waals surface area contributed by atoms with E-state index in [1.807, 2.05) is 0 Å². The van der Waals surface area contributed by atoms with Gasteiger partial charge in [0.2, 0.25) is 0 Å². The average Bonchev–Trinajstić information content (AvgIpc) is 2.87. The van der Waals surface area contributed by atoms with Crippen molar-refractivity contribution in [2.24, 2.45) is 5.92 Å². The van der Waals surface area contributed by atoms with Crippen LogP contribution in [-0.4, -0.2) is 11.0 Å². The molecule has 0 heterocycles. The van der Waals surface area contributed by atoms with E-state index in [0.29, 0.717) is 11.1 Å². The second kappa shape index (κ2) is 10.7. The van der Waals surface area contributed by atoms with Crippen LogP contribution in [0.1, 0.15) is 23.1 Å². The molecular weight excluding hydrogens is 559 g/mol. The zero-order valence-electron chi connectivity index (χ0n) is 19.4. The quantitative estimate of drug-likeness (QED) is 0.229. The van der Waals surface area contributed by atoms with Crippen LogP contribution in [-0.2, 0) is 24.2 Å². The Hall–Kier alpha value is -2.90. The van der Waals surface area contributed by atoms with Crippen LogP contribution in [0.15, 0.2) is 103 Å². The van der Waals surface area contributed by atoms with Crippen LogP contribution in [0, 0.1) is 26.4 Å². The van der Waals surface area contributed by atoms with E-state index >= 15 is 0 Å². The minimum absolute atomic E-state index is 0.0790. The van der Waals surface area contributed by atoms with Crippen LogP contribution >= 0.6 is 12.2 Å². The lowest BCUT2D eigenvalue weighted by Crippen LogP contribution is -2.67. The van der Waals surface area contributed by atoms with Crippen LogP contribution in [0.5, 0.6) is 0 Å². The monoisotopic (exact) mass is 578 g/mol. The first-order valence-electron chi connectivity index (χ1n) is 11.0. The third kappa shape index (κ3) is 5.45. The molecule has 0 aliphatic heterocycles. The number of halogens is 2. The van der Waals surface area contributed by atoms with Crippen LogP contribution in [0.2, 0.25) is 0 Å². The number of hydrogen-bond acceptors (Lipinski definition) is 10. The van der Waals surface area contributed by atoms with Gasteiger partial charge in [-0.2, -0.15) is 28.0 Å². The van der Waals surface area contributed by atoms with E-state index in [1.165, 1.54) is 18.2 Å². The van der Waals surface area contributed by atoms with E-state index in [1.54, 1.807) is 84.9 Å². The van der Waals surface area contributed by atoms with Crippen LogP contribution < -0.4 is 28.0 Å². The molecule has 38 heavy (non-hydrogen) atoms. The minimum Gasteiger partial charge on any atom is -0.234 e. The van der Waals surface area contributed by atoms with Crippen LogP contribution in [0.4, 0.5) is 0 Å². The Morgan fingerprint density at radius 1 is 0.711 bits per heavy atom. The summed E-state index contributed by atoms with van der Waals surface area (Å²) in [7, 11) is -10.4. The summed E-state index contributed by atoms with van der Waals surface area (Å²) >= 11 is 5.36. The number of carbonyl (C=O) groups excluding carboxylic acids is 1. The Balaban J connectivity index is 2.13. The summed E-state index contributed by atoms with van der Waals surface area (Å²) < 4.78 is 79.1. The van der Waals surface area contributed by atoms with Crippen LogP contribution in [0.3, 0.4) is 0 Å². The zero-order valence-corrected chi connectivity index (χ0v) is 21.8. The lowest BCUT2D eigenvalue weighted by molar-refractivity contribution is -1.92. The SMILES string of the molecule is O=C(O[Cl+3]([O-])([O-])[O-])C1C(C(=S)O[Cl+3]([O-])([O-])[O-])(c2ccccc2)C=CCC1(c1ccccc1)c1ccccc1. The second-order valence-electron chi connectivity index (χ2n) is 8.49. The fourth-order valence-electron chi connectivity index (χ4n) is 5.20. The molecule has 3 aromatic rings. The number of carbonyl (C=O) groups is 1. The zero-order chi connectivity index (χ0) is 27.6. The van der Waals surface area contributed by atoms with Gasteiger partial charge in [-0.1, -0.05) is 107 Å². The van der Waals surface area contributed by atoms with Gasteiger partial charge in [-0.15, -0.1) is 0 Å². The molecule has 0 spiro atoms. The van der Waals surface area contributed by atoms with E-state index in [2.05, 4.69) is 8.58 Å². The van der Waals surface area contributed by atoms with Gasteiger partial charge in [0, 0.05) is 5.41 Å². The van der Waals surface area contributed by atoms with E-state index in [0.717, 1.165) is 0 Å². The Morgan fingerprint density at radius 3 is 1.55 bits per heavy atom. The first-order chi connectivity index (χ1) is 17.9. The summed E-state index contributed by atoms with van der Waals surface area (Å²) in [5.74, 6) is -3.25. The van der Waals surface area contributed by atoms with Gasteiger partial charge in [0.1, 0.15) is 31.8 Å². The third-order valence-corrected chi connectivity index (χ3v) is 7.70. The molecule has 0 aromatic heterocycles. The highest BCUT2D eigenvalue weighted by Gasteiger charge is 2.66. The van der Waals surface area contributed by atoms with E-state index < -0.39 is 48.3 Å². The predicted molar refractivity (Wildman–Crippen MR) is 119 cm³/mol. The molecule has 0 fully saturated rings. The molecule has 2 unspecified atom stereocenters. The maximum absolute atomic E-state index is 13.8. The highest BCUT2D eigenvalue weighted by atomic mass is 35.7. The molecule has 0 amide bonds. The van der Waals surface area contributed by atoms with Gasteiger partial charge in [0.15, 0.2) is 0 Å². The van der Waals surface area contributed by atoms with Crippen molar-refractivity contribution in [2.75, 3.05) is 0 Å². The van der Waals surface area contributed by atoms with Gasteiger partial charge in [0.25, 0.3) is 0 Å².